The van der Waals surface area contributed by atoms with E-state index in [1.165, 1.54) is 25.7 Å². The molecule has 3 unspecified atom stereocenters. The van der Waals surface area contributed by atoms with Crippen LogP contribution in [0.25, 0.3) is 0 Å². The molecule has 0 heterocycles. The van der Waals surface area contributed by atoms with E-state index in [1.54, 1.807) is 7.11 Å². The van der Waals surface area contributed by atoms with Crippen LogP contribution in [-0.4, -0.2) is 26.4 Å². The molecule has 2 heteroatoms. The van der Waals surface area contributed by atoms with Gasteiger partial charge in [-0.2, -0.15) is 0 Å². The van der Waals surface area contributed by atoms with Crippen LogP contribution in [0.2, 0.25) is 0 Å². The van der Waals surface area contributed by atoms with E-state index in [2.05, 4.69) is 13.8 Å². The first-order chi connectivity index (χ1) is 7.14. The summed E-state index contributed by atoms with van der Waals surface area (Å²) in [6.07, 6.45) is 6.43. The summed E-state index contributed by atoms with van der Waals surface area (Å²) in [5.41, 5.74) is 0.00977. The van der Waals surface area contributed by atoms with Crippen LogP contribution in [-0.2, 0) is 9.47 Å². The van der Waals surface area contributed by atoms with Gasteiger partial charge in [0.25, 0.3) is 0 Å². The first-order valence-corrected chi connectivity index (χ1v) is 6.18. The van der Waals surface area contributed by atoms with Crippen molar-refractivity contribution in [2.45, 2.75) is 51.6 Å². The fourth-order valence-corrected chi connectivity index (χ4v) is 2.97. The Morgan fingerprint density at radius 2 is 1.87 bits per heavy atom. The van der Waals surface area contributed by atoms with Crippen LogP contribution in [0.1, 0.15) is 46.0 Å². The highest BCUT2D eigenvalue weighted by Crippen LogP contribution is 2.40. The Bertz CT molecular complexity index is 181. The van der Waals surface area contributed by atoms with Crippen molar-refractivity contribution in [3.05, 3.63) is 0 Å². The van der Waals surface area contributed by atoms with Crippen molar-refractivity contribution in [1.29, 1.82) is 0 Å². The second kappa shape index (κ2) is 5.86. The lowest BCUT2D eigenvalue weighted by Crippen LogP contribution is -2.42. The van der Waals surface area contributed by atoms with E-state index in [-0.39, 0.29) is 5.60 Å². The van der Waals surface area contributed by atoms with Crippen molar-refractivity contribution >= 4 is 0 Å². The van der Waals surface area contributed by atoms with Crippen molar-refractivity contribution in [3.63, 3.8) is 0 Å². The van der Waals surface area contributed by atoms with Crippen LogP contribution >= 0.6 is 0 Å². The second-order valence-corrected chi connectivity index (χ2v) is 5.13. The highest BCUT2D eigenvalue weighted by molar-refractivity contribution is 4.89. The number of hydrogen-bond donors (Lipinski definition) is 0. The van der Waals surface area contributed by atoms with E-state index in [9.17, 15) is 0 Å². The minimum atomic E-state index is 0.00977. The zero-order chi connectivity index (χ0) is 11.3. The Morgan fingerprint density at radius 1 is 1.20 bits per heavy atom. The summed E-state index contributed by atoms with van der Waals surface area (Å²) in [4.78, 5) is 0. The van der Waals surface area contributed by atoms with Crippen molar-refractivity contribution in [2.24, 2.45) is 11.8 Å². The number of methoxy groups -OCH3 is 2. The first-order valence-electron chi connectivity index (χ1n) is 6.18. The summed E-state index contributed by atoms with van der Waals surface area (Å²) in [6, 6.07) is 0. The molecular weight excluding hydrogens is 188 g/mol. The van der Waals surface area contributed by atoms with Crippen LogP contribution in [0.5, 0.6) is 0 Å². The maximum absolute atomic E-state index is 5.77. The van der Waals surface area contributed by atoms with E-state index in [1.807, 2.05) is 7.11 Å². The molecular formula is C13H26O2. The van der Waals surface area contributed by atoms with Crippen LogP contribution in [0.4, 0.5) is 0 Å². The van der Waals surface area contributed by atoms with Gasteiger partial charge in [0.2, 0.25) is 0 Å². The zero-order valence-corrected chi connectivity index (χ0v) is 10.7. The van der Waals surface area contributed by atoms with Gasteiger partial charge < -0.3 is 9.47 Å². The lowest BCUT2D eigenvalue weighted by Gasteiger charge is -2.42. The Hall–Kier alpha value is -0.0800. The molecule has 0 amide bonds. The molecule has 15 heavy (non-hydrogen) atoms. The van der Waals surface area contributed by atoms with Gasteiger partial charge in [0.15, 0.2) is 0 Å². The van der Waals surface area contributed by atoms with E-state index >= 15 is 0 Å². The lowest BCUT2D eigenvalue weighted by atomic mass is 9.70. The molecule has 90 valence electrons. The average molecular weight is 214 g/mol. The van der Waals surface area contributed by atoms with E-state index in [0.717, 1.165) is 18.9 Å². The second-order valence-electron chi connectivity index (χ2n) is 5.13. The van der Waals surface area contributed by atoms with Crippen molar-refractivity contribution in [3.8, 4) is 0 Å². The normalized spacial score (nSPS) is 31.2. The average Bonchev–Trinajstić information content (AvgIpc) is 2.26. The topological polar surface area (TPSA) is 18.5 Å². The summed E-state index contributed by atoms with van der Waals surface area (Å²) in [6.45, 7) is 5.42. The van der Waals surface area contributed by atoms with E-state index in [4.69, 9.17) is 9.47 Å². The molecule has 0 saturated heterocycles. The molecule has 1 rings (SSSR count). The summed E-state index contributed by atoms with van der Waals surface area (Å²) in [5.74, 6) is 1.49. The van der Waals surface area contributed by atoms with Crippen LogP contribution in [0, 0.1) is 11.8 Å². The molecule has 0 radical (unpaired) electrons. The molecule has 2 nitrogen and oxygen atoms in total. The van der Waals surface area contributed by atoms with Gasteiger partial charge in [0.1, 0.15) is 0 Å². The van der Waals surface area contributed by atoms with Gasteiger partial charge in [0.05, 0.1) is 5.60 Å². The molecule has 0 aromatic rings. The van der Waals surface area contributed by atoms with Crippen molar-refractivity contribution in [1.82, 2.24) is 0 Å². The summed E-state index contributed by atoms with van der Waals surface area (Å²) >= 11 is 0. The first kappa shape index (κ1) is 13.0. The van der Waals surface area contributed by atoms with E-state index < -0.39 is 0 Å². The van der Waals surface area contributed by atoms with Gasteiger partial charge in [-0.1, -0.05) is 26.2 Å². The van der Waals surface area contributed by atoms with Crippen molar-refractivity contribution < 1.29 is 9.47 Å². The molecule has 1 saturated carbocycles. The molecule has 0 spiro atoms. The largest absolute Gasteiger partial charge is 0.385 e. The monoisotopic (exact) mass is 214 g/mol. The molecule has 0 bridgehead atoms. The summed E-state index contributed by atoms with van der Waals surface area (Å²) in [5, 5.41) is 0. The van der Waals surface area contributed by atoms with Crippen LogP contribution < -0.4 is 0 Å². The third kappa shape index (κ3) is 3.18. The van der Waals surface area contributed by atoms with Crippen LogP contribution in [0.3, 0.4) is 0 Å². The third-order valence-corrected chi connectivity index (χ3v) is 4.16. The van der Waals surface area contributed by atoms with Crippen molar-refractivity contribution in [2.75, 3.05) is 20.8 Å². The van der Waals surface area contributed by atoms with Gasteiger partial charge in [-0.25, -0.2) is 0 Å². The highest BCUT2D eigenvalue weighted by Gasteiger charge is 2.38. The predicted molar refractivity (Wildman–Crippen MR) is 63.0 cm³/mol. The Labute approximate surface area is 94.3 Å². The predicted octanol–water partition coefficient (Wildman–Crippen LogP) is 3.25. The molecule has 0 aliphatic heterocycles. The molecule has 0 aromatic heterocycles. The SMILES string of the molecule is COCCC(C)(OC)C1CCCCC1C. The fourth-order valence-electron chi connectivity index (χ4n) is 2.97. The molecule has 1 aliphatic carbocycles. The molecule has 0 N–H and O–H groups in total. The number of hydrogen-bond acceptors (Lipinski definition) is 2. The van der Waals surface area contributed by atoms with Gasteiger partial charge in [0, 0.05) is 20.8 Å². The lowest BCUT2D eigenvalue weighted by molar-refractivity contribution is -0.0878. The summed E-state index contributed by atoms with van der Waals surface area (Å²) < 4.78 is 11.0. The Kier molecular flexibility index (Phi) is 5.07. The smallest absolute Gasteiger partial charge is 0.0703 e. The summed E-state index contributed by atoms with van der Waals surface area (Å²) in [7, 11) is 3.61. The molecule has 3 atom stereocenters. The maximum Gasteiger partial charge on any atom is 0.0703 e. The standard InChI is InChI=1S/C13H26O2/c1-11-7-5-6-8-12(11)13(2,15-4)9-10-14-3/h11-12H,5-10H2,1-4H3. The third-order valence-electron chi connectivity index (χ3n) is 4.16. The molecule has 1 fully saturated rings. The van der Waals surface area contributed by atoms with Gasteiger partial charge in [-0.3, -0.25) is 0 Å². The fraction of sp³-hybridized carbons (Fsp3) is 1.00. The Balaban J connectivity index is 2.61. The molecule has 0 aromatic carbocycles. The number of rotatable bonds is 5. The molecule has 1 aliphatic rings. The maximum atomic E-state index is 5.77. The Morgan fingerprint density at radius 3 is 2.40 bits per heavy atom. The minimum Gasteiger partial charge on any atom is -0.385 e. The van der Waals surface area contributed by atoms with Gasteiger partial charge >= 0.3 is 0 Å². The highest BCUT2D eigenvalue weighted by atomic mass is 16.5. The minimum absolute atomic E-state index is 0.00977. The number of ether oxygens (including phenoxy) is 2. The van der Waals surface area contributed by atoms with Crippen LogP contribution in [0.15, 0.2) is 0 Å². The zero-order valence-electron chi connectivity index (χ0n) is 10.7. The quantitative estimate of drug-likeness (QED) is 0.699. The van der Waals surface area contributed by atoms with E-state index in [0.29, 0.717) is 5.92 Å². The van der Waals surface area contributed by atoms with Gasteiger partial charge in [-0.15, -0.1) is 0 Å². The van der Waals surface area contributed by atoms with Gasteiger partial charge in [-0.05, 0) is 31.6 Å².